The fourth-order valence-corrected chi connectivity index (χ4v) is 5.06. The van der Waals surface area contributed by atoms with Crippen molar-refractivity contribution in [3.8, 4) is 0 Å². The largest absolute Gasteiger partial charge is 0.481 e. The van der Waals surface area contributed by atoms with Crippen molar-refractivity contribution >= 4 is 33.5 Å². The van der Waals surface area contributed by atoms with Gasteiger partial charge in [-0.1, -0.05) is 44.5 Å². The summed E-state index contributed by atoms with van der Waals surface area (Å²) in [5.74, 6) is -1.30. The molecule has 0 saturated carbocycles. The van der Waals surface area contributed by atoms with Crippen molar-refractivity contribution in [2.75, 3.05) is 19.8 Å². The van der Waals surface area contributed by atoms with Crippen molar-refractivity contribution in [2.24, 2.45) is 11.3 Å². The van der Waals surface area contributed by atoms with E-state index in [1.165, 1.54) is 11.4 Å². The number of piperidine rings is 1. The molecule has 0 spiro atoms. The van der Waals surface area contributed by atoms with E-state index >= 15 is 0 Å². The quantitative estimate of drug-likeness (QED) is 0.644. The summed E-state index contributed by atoms with van der Waals surface area (Å²) in [4.78, 5) is 26.9. The Morgan fingerprint density at radius 1 is 1.37 bits per heavy atom. The molecule has 0 aliphatic carbocycles. The lowest BCUT2D eigenvalue weighted by Gasteiger charge is -2.51. The number of hydrogen-bond donors (Lipinski definition) is 1. The number of likely N-dealkylation sites (N-methyl/N-ethyl adjacent to an activating group) is 1. The van der Waals surface area contributed by atoms with Gasteiger partial charge < -0.3 is 10.0 Å². The number of hydrogen-bond acceptors (Lipinski definition) is 4. The molecule has 1 heterocycles. The topological polar surface area (TPSA) is 95.0 Å². The van der Waals surface area contributed by atoms with Crippen molar-refractivity contribution in [1.82, 2.24) is 9.21 Å². The number of carbonyl (C=O) groups is 2. The summed E-state index contributed by atoms with van der Waals surface area (Å²) >= 11 is 6.04. The molecule has 0 bridgehead atoms. The van der Waals surface area contributed by atoms with Crippen LogP contribution in [0.1, 0.15) is 51.6 Å². The predicted octanol–water partition coefficient (Wildman–Crippen LogP) is 3.40. The number of benzene rings is 1. The Morgan fingerprint density at radius 2 is 1.93 bits per heavy atom. The van der Waals surface area contributed by atoms with Crippen molar-refractivity contribution in [1.29, 1.82) is 0 Å². The summed E-state index contributed by atoms with van der Waals surface area (Å²) in [6.07, 6.45) is 1.83. The molecule has 0 aromatic heterocycles. The SMILES string of the molecule is CC[C@@H](CN(C)S(C)(=O)=O)N1C(=O)[C@@](C)(CC(=O)O)C[C@H](C)[C@H]1c1ccc(Cl)cc1. The lowest BCUT2D eigenvalue weighted by Crippen LogP contribution is -2.58. The highest BCUT2D eigenvalue weighted by Gasteiger charge is 2.50. The molecule has 2 rings (SSSR count). The molecule has 1 N–H and O–H groups in total. The molecular formula is C21H31ClN2O5S. The highest BCUT2D eigenvalue weighted by molar-refractivity contribution is 7.88. The van der Waals surface area contributed by atoms with Gasteiger partial charge in [0, 0.05) is 24.7 Å². The molecule has 1 fully saturated rings. The van der Waals surface area contributed by atoms with Gasteiger partial charge in [-0.05, 0) is 36.5 Å². The second-order valence-corrected chi connectivity index (χ2v) is 11.2. The number of sulfonamides is 1. The van der Waals surface area contributed by atoms with E-state index in [1.54, 1.807) is 24.0 Å². The molecule has 7 nitrogen and oxygen atoms in total. The van der Waals surface area contributed by atoms with Crippen molar-refractivity contribution in [3.05, 3.63) is 34.9 Å². The Kier molecular flexibility index (Phi) is 7.59. The Morgan fingerprint density at radius 3 is 2.40 bits per heavy atom. The monoisotopic (exact) mass is 458 g/mol. The third-order valence-corrected chi connectivity index (χ3v) is 7.55. The Balaban J connectivity index is 2.55. The zero-order valence-electron chi connectivity index (χ0n) is 18.1. The van der Waals surface area contributed by atoms with Crippen LogP contribution >= 0.6 is 11.6 Å². The van der Waals surface area contributed by atoms with E-state index in [0.29, 0.717) is 17.9 Å². The average Bonchev–Trinajstić information content (AvgIpc) is 2.62. The van der Waals surface area contributed by atoms with Crippen molar-refractivity contribution in [2.45, 2.75) is 52.1 Å². The molecule has 1 saturated heterocycles. The van der Waals surface area contributed by atoms with E-state index in [-0.39, 0.29) is 30.8 Å². The molecule has 4 atom stereocenters. The van der Waals surface area contributed by atoms with Crippen LogP contribution in [0.4, 0.5) is 0 Å². The second-order valence-electron chi connectivity index (χ2n) is 8.63. The fraction of sp³-hybridized carbons (Fsp3) is 0.619. The summed E-state index contributed by atoms with van der Waals surface area (Å²) in [7, 11) is -1.94. The predicted molar refractivity (Wildman–Crippen MR) is 117 cm³/mol. The highest BCUT2D eigenvalue weighted by atomic mass is 35.5. The normalized spacial score (nSPS) is 26.1. The van der Waals surface area contributed by atoms with Crippen molar-refractivity contribution in [3.63, 3.8) is 0 Å². The average molecular weight is 459 g/mol. The van der Waals surface area contributed by atoms with Crippen LogP contribution in [0.2, 0.25) is 5.02 Å². The highest BCUT2D eigenvalue weighted by Crippen LogP contribution is 2.47. The molecule has 168 valence electrons. The lowest BCUT2D eigenvalue weighted by molar-refractivity contribution is -0.162. The third kappa shape index (κ3) is 5.34. The first-order chi connectivity index (χ1) is 13.8. The van der Waals surface area contributed by atoms with Gasteiger partial charge >= 0.3 is 5.97 Å². The summed E-state index contributed by atoms with van der Waals surface area (Å²) in [6.45, 7) is 5.74. The molecule has 1 aliphatic rings. The molecule has 0 radical (unpaired) electrons. The van der Waals surface area contributed by atoms with E-state index in [9.17, 15) is 23.1 Å². The molecule has 1 aliphatic heterocycles. The minimum absolute atomic E-state index is 0.0224. The third-order valence-electron chi connectivity index (χ3n) is 6.01. The first kappa shape index (κ1) is 24.6. The van der Waals surface area contributed by atoms with Crippen LogP contribution in [-0.2, 0) is 19.6 Å². The Labute approximate surface area is 184 Å². The zero-order valence-corrected chi connectivity index (χ0v) is 19.7. The van der Waals surface area contributed by atoms with Gasteiger partial charge in [-0.3, -0.25) is 9.59 Å². The number of likely N-dealkylation sites (tertiary alicyclic amines) is 1. The molecule has 1 aromatic rings. The summed E-state index contributed by atoms with van der Waals surface area (Å²) in [5.41, 5.74) is -0.149. The minimum Gasteiger partial charge on any atom is -0.481 e. The van der Waals surface area contributed by atoms with Gasteiger partial charge in [0.2, 0.25) is 15.9 Å². The van der Waals surface area contributed by atoms with E-state index in [2.05, 4.69) is 0 Å². The standard InChI is InChI=1S/C21H31ClN2O5S/c1-6-17(13-23(4)30(5,28)29)24-19(15-7-9-16(22)10-8-15)14(2)11-21(3,20(24)27)12-18(25)26/h7-10,14,17,19H,6,11-13H2,1-5H3,(H,25,26)/t14-,17-,19-,21+/m0/s1. The number of amides is 1. The minimum atomic E-state index is -3.43. The van der Waals surface area contributed by atoms with Crippen LogP contribution in [0.3, 0.4) is 0 Å². The summed E-state index contributed by atoms with van der Waals surface area (Å²) < 4.78 is 25.2. The van der Waals surface area contributed by atoms with Gasteiger partial charge in [0.05, 0.1) is 24.1 Å². The smallest absolute Gasteiger partial charge is 0.304 e. The maximum Gasteiger partial charge on any atom is 0.304 e. The second kappa shape index (κ2) is 9.24. The maximum atomic E-state index is 13.7. The van der Waals surface area contributed by atoms with Gasteiger partial charge in [-0.2, -0.15) is 0 Å². The zero-order chi connectivity index (χ0) is 22.9. The molecular weight excluding hydrogens is 428 g/mol. The maximum absolute atomic E-state index is 13.7. The van der Waals surface area contributed by atoms with Gasteiger partial charge in [0.25, 0.3) is 0 Å². The van der Waals surface area contributed by atoms with Gasteiger partial charge in [-0.15, -0.1) is 0 Å². The molecule has 1 aromatic carbocycles. The van der Waals surface area contributed by atoms with E-state index in [4.69, 9.17) is 11.6 Å². The number of nitrogens with zero attached hydrogens (tertiary/aromatic N) is 2. The van der Waals surface area contributed by atoms with Crippen LogP contribution in [0.15, 0.2) is 24.3 Å². The van der Waals surface area contributed by atoms with Crippen LogP contribution in [0, 0.1) is 11.3 Å². The van der Waals surface area contributed by atoms with Gasteiger partial charge in [0.15, 0.2) is 0 Å². The van der Waals surface area contributed by atoms with Crippen LogP contribution in [0.25, 0.3) is 0 Å². The Hall–Kier alpha value is -1.64. The molecule has 30 heavy (non-hydrogen) atoms. The lowest BCUT2D eigenvalue weighted by atomic mass is 9.69. The Bertz CT molecular complexity index is 889. The molecule has 9 heteroatoms. The van der Waals surface area contributed by atoms with E-state index < -0.39 is 27.4 Å². The first-order valence-corrected chi connectivity index (χ1v) is 12.2. The van der Waals surface area contributed by atoms with Crippen LogP contribution < -0.4 is 0 Å². The number of halogens is 1. The van der Waals surface area contributed by atoms with Crippen molar-refractivity contribution < 1.29 is 23.1 Å². The first-order valence-electron chi connectivity index (χ1n) is 10.0. The number of rotatable bonds is 8. The summed E-state index contributed by atoms with van der Waals surface area (Å²) in [5, 5.41) is 9.99. The fourth-order valence-electron chi connectivity index (χ4n) is 4.49. The van der Waals surface area contributed by atoms with Crippen LogP contribution in [0.5, 0.6) is 0 Å². The van der Waals surface area contributed by atoms with Gasteiger partial charge in [-0.25, -0.2) is 12.7 Å². The number of carbonyl (C=O) groups excluding carboxylic acids is 1. The van der Waals surface area contributed by atoms with Crippen LogP contribution in [-0.4, -0.2) is 60.5 Å². The number of aliphatic carboxylic acids is 1. The number of carboxylic acid groups (broad SMARTS) is 1. The van der Waals surface area contributed by atoms with E-state index in [0.717, 1.165) is 11.8 Å². The number of carboxylic acids is 1. The van der Waals surface area contributed by atoms with Gasteiger partial charge in [0.1, 0.15) is 0 Å². The molecule has 1 amide bonds. The van der Waals surface area contributed by atoms with E-state index in [1.807, 2.05) is 26.0 Å². The molecule has 0 unspecified atom stereocenters. The summed E-state index contributed by atoms with van der Waals surface area (Å²) in [6, 6.07) is 6.58.